The van der Waals surface area contributed by atoms with Crippen LogP contribution < -0.4 is 0 Å². The lowest BCUT2D eigenvalue weighted by atomic mass is 10.1. The Morgan fingerprint density at radius 3 is 2.78 bits per heavy atom. The highest BCUT2D eigenvalue weighted by Gasteiger charge is 2.10. The van der Waals surface area contributed by atoms with Crippen molar-refractivity contribution in [1.29, 1.82) is 0 Å². The summed E-state index contributed by atoms with van der Waals surface area (Å²) in [6.45, 7) is 5.82. The largest absolute Gasteiger partial charge is 0.476 e. The van der Waals surface area contributed by atoms with E-state index in [0.29, 0.717) is 5.23 Å². The van der Waals surface area contributed by atoms with Crippen LogP contribution in [0.4, 0.5) is 5.69 Å². The Labute approximate surface area is 140 Å². The van der Waals surface area contributed by atoms with E-state index in [2.05, 4.69) is 25.6 Å². The Morgan fingerprint density at radius 1 is 1.22 bits per heavy atom. The predicted molar refractivity (Wildman–Crippen MR) is 101 cm³/mol. The van der Waals surface area contributed by atoms with Gasteiger partial charge in [-0.3, -0.25) is 0 Å². The Kier molecular flexibility index (Phi) is 4.63. The number of nitrogens with zero attached hydrogens (tertiary/aromatic N) is 2. The van der Waals surface area contributed by atoms with Gasteiger partial charge >= 0.3 is 0 Å². The van der Waals surface area contributed by atoms with Gasteiger partial charge in [0.2, 0.25) is 0 Å². The van der Waals surface area contributed by atoms with E-state index in [4.69, 9.17) is 14.7 Å². The van der Waals surface area contributed by atoms with Crippen LogP contribution in [0.1, 0.15) is 5.56 Å². The highest BCUT2D eigenvalue weighted by atomic mass is 32.2. The molecule has 0 saturated carbocycles. The van der Waals surface area contributed by atoms with Crippen molar-refractivity contribution in [3.05, 3.63) is 60.7 Å². The van der Waals surface area contributed by atoms with Crippen LogP contribution in [-0.2, 0) is 4.74 Å². The summed E-state index contributed by atoms with van der Waals surface area (Å²) in [7, 11) is 1.64. The van der Waals surface area contributed by atoms with Crippen molar-refractivity contribution < 1.29 is 4.74 Å². The van der Waals surface area contributed by atoms with Crippen molar-refractivity contribution in [3.8, 4) is 0 Å². The summed E-state index contributed by atoms with van der Waals surface area (Å²) in [5.74, 6) is 0.757. The predicted octanol–water partition coefficient (Wildman–Crippen LogP) is 5.25. The molecule has 0 aliphatic rings. The number of hydrogen-bond donors (Lipinski definition) is 0. The Balaban J connectivity index is 2.31. The molecule has 0 bridgehead atoms. The van der Waals surface area contributed by atoms with Crippen LogP contribution in [0.2, 0.25) is 0 Å². The lowest BCUT2D eigenvalue weighted by molar-refractivity contribution is 0.416. The molecule has 23 heavy (non-hydrogen) atoms. The van der Waals surface area contributed by atoms with Gasteiger partial charge in [0.1, 0.15) is 0 Å². The van der Waals surface area contributed by atoms with Gasteiger partial charge in [-0.05, 0) is 25.1 Å². The summed E-state index contributed by atoms with van der Waals surface area (Å²) < 4.78 is 5.43. The fraction of sp³-hybridized carbons (Fsp3) is 0.158. The van der Waals surface area contributed by atoms with Crippen molar-refractivity contribution in [2.24, 2.45) is 4.99 Å². The fourth-order valence-corrected chi connectivity index (χ4v) is 3.00. The molecule has 0 aliphatic carbocycles. The lowest BCUT2D eigenvalue weighted by Crippen LogP contribution is -1.96. The zero-order valence-electron chi connectivity index (χ0n) is 13.2. The van der Waals surface area contributed by atoms with E-state index in [-0.39, 0.29) is 0 Å². The number of rotatable bonds is 3. The first-order valence-electron chi connectivity index (χ1n) is 7.38. The summed E-state index contributed by atoms with van der Waals surface area (Å²) in [5.41, 5.74) is 3.97. The van der Waals surface area contributed by atoms with E-state index in [1.807, 2.05) is 36.4 Å². The minimum atomic E-state index is 0.629. The van der Waals surface area contributed by atoms with Crippen molar-refractivity contribution in [2.75, 3.05) is 12.9 Å². The van der Waals surface area contributed by atoms with E-state index < -0.39 is 0 Å². The Morgan fingerprint density at radius 2 is 2.00 bits per heavy atom. The number of fused-ring (bicyclic) bond motifs is 2. The molecule has 3 nitrogen and oxygen atoms in total. The number of hydrogen-bond acceptors (Lipinski definition) is 4. The third kappa shape index (κ3) is 3.22. The Hall–Kier alpha value is -2.33. The van der Waals surface area contributed by atoms with E-state index >= 15 is 0 Å². The van der Waals surface area contributed by atoms with E-state index in [9.17, 15) is 0 Å². The highest BCUT2D eigenvalue weighted by Crippen LogP contribution is 2.34. The molecule has 0 radical (unpaired) electrons. The van der Waals surface area contributed by atoms with E-state index in [1.165, 1.54) is 17.3 Å². The summed E-state index contributed by atoms with van der Waals surface area (Å²) in [6.07, 6.45) is 1.84. The standard InChI is InChI=1S/C19H18N2OS/c1-4-11-23-19(22-3)21-18-14-7-5-6-8-16(14)20-17-10-9-13(2)12-15(17)18/h4-10,12H,1,11H2,2-3H3. The third-order valence-corrected chi connectivity index (χ3v) is 4.42. The van der Waals surface area contributed by atoms with Gasteiger partial charge < -0.3 is 4.74 Å². The molecule has 0 N–H and O–H groups in total. The molecule has 3 aromatic rings. The number of thioether (sulfide) groups is 1. The molecule has 4 heteroatoms. The molecule has 0 saturated heterocycles. The summed E-state index contributed by atoms with van der Waals surface area (Å²) in [5, 5.41) is 2.70. The molecule has 0 spiro atoms. The van der Waals surface area contributed by atoms with Crippen LogP contribution in [-0.4, -0.2) is 23.1 Å². The molecular formula is C19H18N2OS. The maximum atomic E-state index is 5.43. The number of aromatic nitrogens is 1. The number of ether oxygens (including phenoxy) is 1. The zero-order valence-corrected chi connectivity index (χ0v) is 14.1. The molecule has 1 heterocycles. The highest BCUT2D eigenvalue weighted by molar-refractivity contribution is 8.13. The fourth-order valence-electron chi connectivity index (χ4n) is 2.46. The molecule has 0 unspecified atom stereocenters. The normalized spacial score (nSPS) is 11.8. The van der Waals surface area contributed by atoms with Gasteiger partial charge in [-0.15, -0.1) is 6.58 Å². The molecule has 2 aromatic carbocycles. The van der Waals surface area contributed by atoms with Gasteiger partial charge in [0.05, 0.1) is 23.8 Å². The second kappa shape index (κ2) is 6.84. The maximum absolute atomic E-state index is 5.43. The van der Waals surface area contributed by atoms with Gasteiger partial charge in [0, 0.05) is 16.5 Å². The van der Waals surface area contributed by atoms with Crippen LogP contribution >= 0.6 is 11.8 Å². The Bertz CT molecular complexity index is 902. The van der Waals surface area contributed by atoms with Crippen LogP contribution in [0.3, 0.4) is 0 Å². The quantitative estimate of drug-likeness (QED) is 0.286. The SMILES string of the molecule is C=CCSC(=Nc1c2ccccc2nc2ccc(C)cc12)OC. The molecule has 0 atom stereocenters. The average molecular weight is 322 g/mol. The summed E-state index contributed by atoms with van der Waals surface area (Å²) in [4.78, 5) is 9.52. The van der Waals surface area contributed by atoms with Gasteiger partial charge in [0.25, 0.3) is 5.23 Å². The second-order valence-electron chi connectivity index (χ2n) is 5.18. The lowest BCUT2D eigenvalue weighted by Gasteiger charge is -2.09. The zero-order chi connectivity index (χ0) is 16.2. The monoisotopic (exact) mass is 322 g/mol. The molecule has 0 fully saturated rings. The topological polar surface area (TPSA) is 34.5 Å². The number of para-hydroxylation sites is 1. The smallest absolute Gasteiger partial charge is 0.251 e. The molecule has 3 rings (SSSR count). The van der Waals surface area contributed by atoms with Crippen molar-refractivity contribution in [1.82, 2.24) is 4.98 Å². The maximum Gasteiger partial charge on any atom is 0.251 e. The number of aryl methyl sites for hydroxylation is 1. The van der Waals surface area contributed by atoms with Gasteiger partial charge in [-0.25, -0.2) is 9.98 Å². The van der Waals surface area contributed by atoms with Gasteiger partial charge in [0.15, 0.2) is 0 Å². The minimum absolute atomic E-state index is 0.629. The molecule has 1 aromatic heterocycles. The van der Waals surface area contributed by atoms with Crippen LogP contribution in [0.15, 0.2) is 60.1 Å². The van der Waals surface area contributed by atoms with Gasteiger partial charge in [-0.2, -0.15) is 0 Å². The number of aliphatic imine (C=N–C) groups is 1. The number of methoxy groups -OCH3 is 1. The third-order valence-electron chi connectivity index (χ3n) is 3.51. The molecule has 0 amide bonds. The van der Waals surface area contributed by atoms with Crippen LogP contribution in [0.25, 0.3) is 21.8 Å². The van der Waals surface area contributed by atoms with Crippen LogP contribution in [0, 0.1) is 6.92 Å². The van der Waals surface area contributed by atoms with Gasteiger partial charge in [-0.1, -0.05) is 47.7 Å². The summed E-state index contributed by atoms with van der Waals surface area (Å²) >= 11 is 1.53. The number of benzene rings is 2. The second-order valence-corrected chi connectivity index (χ2v) is 6.15. The van der Waals surface area contributed by atoms with Crippen molar-refractivity contribution >= 4 is 44.5 Å². The number of pyridine rings is 1. The summed E-state index contributed by atoms with van der Waals surface area (Å²) in [6, 6.07) is 14.3. The minimum Gasteiger partial charge on any atom is -0.476 e. The molecule has 0 aliphatic heterocycles. The first-order valence-corrected chi connectivity index (χ1v) is 8.37. The molecule has 116 valence electrons. The van der Waals surface area contributed by atoms with Crippen molar-refractivity contribution in [2.45, 2.75) is 6.92 Å². The van der Waals surface area contributed by atoms with E-state index in [1.54, 1.807) is 7.11 Å². The average Bonchev–Trinajstić information content (AvgIpc) is 2.58. The molecular weight excluding hydrogens is 304 g/mol. The van der Waals surface area contributed by atoms with E-state index in [0.717, 1.165) is 33.2 Å². The van der Waals surface area contributed by atoms with Crippen molar-refractivity contribution in [3.63, 3.8) is 0 Å². The van der Waals surface area contributed by atoms with Crippen LogP contribution in [0.5, 0.6) is 0 Å². The first-order chi connectivity index (χ1) is 11.2. The first kappa shape index (κ1) is 15.6.